The van der Waals surface area contributed by atoms with E-state index in [-0.39, 0.29) is 62.2 Å². The summed E-state index contributed by atoms with van der Waals surface area (Å²) in [6.45, 7) is 7.23. The third kappa shape index (κ3) is 8.11. The van der Waals surface area contributed by atoms with Gasteiger partial charge in [-0.3, -0.25) is 9.59 Å². The summed E-state index contributed by atoms with van der Waals surface area (Å²) >= 11 is 0. The largest absolute Gasteiger partial charge is 0.481 e. The lowest BCUT2D eigenvalue weighted by atomic mass is 10.1. The molecule has 4 fully saturated rings. The topological polar surface area (TPSA) is 159 Å². The van der Waals surface area contributed by atoms with Crippen molar-refractivity contribution in [2.24, 2.45) is 0 Å². The molecular weight excluding hydrogens is 444 g/mol. The molecular formula is C21H36O12. The van der Waals surface area contributed by atoms with Crippen LogP contribution in [-0.2, 0) is 43.0 Å². The van der Waals surface area contributed by atoms with E-state index in [4.69, 9.17) is 48.8 Å². The molecule has 0 saturated carbocycles. The predicted molar refractivity (Wildman–Crippen MR) is 110 cm³/mol. The Bertz CT molecular complexity index is 586. The third-order valence-corrected chi connectivity index (χ3v) is 5.32. The zero-order valence-corrected chi connectivity index (χ0v) is 19.3. The number of aliphatic hydroxyl groups excluding tert-OH is 2. The van der Waals surface area contributed by atoms with Gasteiger partial charge in [0.25, 0.3) is 0 Å². The van der Waals surface area contributed by atoms with Gasteiger partial charge in [0.2, 0.25) is 0 Å². The molecule has 8 atom stereocenters. The van der Waals surface area contributed by atoms with Gasteiger partial charge in [0.05, 0.1) is 33.0 Å². The highest BCUT2D eigenvalue weighted by molar-refractivity contribution is 5.69. The molecule has 0 spiro atoms. The lowest BCUT2D eigenvalue weighted by Crippen LogP contribution is -2.35. The maximum atomic E-state index is 11.3. The number of aliphatic hydroxyl groups is 2. The number of esters is 1. The highest BCUT2D eigenvalue weighted by atomic mass is 17.2. The minimum atomic E-state index is -0.745. The van der Waals surface area contributed by atoms with Crippen molar-refractivity contribution >= 4 is 11.9 Å². The van der Waals surface area contributed by atoms with Crippen LogP contribution in [-0.4, -0.2) is 109 Å². The molecule has 0 aromatic rings. The lowest BCUT2D eigenvalue weighted by Gasteiger charge is -2.16. The Morgan fingerprint density at radius 2 is 1.27 bits per heavy atom. The van der Waals surface area contributed by atoms with Crippen LogP contribution >= 0.6 is 0 Å². The first-order valence-electron chi connectivity index (χ1n) is 11.3. The van der Waals surface area contributed by atoms with Crippen LogP contribution in [0.1, 0.15) is 40.0 Å². The highest BCUT2D eigenvalue weighted by Crippen LogP contribution is 2.31. The van der Waals surface area contributed by atoms with Gasteiger partial charge >= 0.3 is 11.9 Å². The van der Waals surface area contributed by atoms with E-state index in [1.165, 1.54) is 0 Å². The molecule has 192 valence electrons. The van der Waals surface area contributed by atoms with E-state index < -0.39 is 18.2 Å². The molecule has 4 aliphatic rings. The fourth-order valence-electron chi connectivity index (χ4n) is 3.54. The Labute approximate surface area is 192 Å². The molecule has 12 nitrogen and oxygen atoms in total. The van der Waals surface area contributed by atoms with Crippen molar-refractivity contribution in [3.05, 3.63) is 0 Å². The predicted octanol–water partition coefficient (Wildman–Crippen LogP) is -0.181. The zero-order valence-electron chi connectivity index (χ0n) is 19.3. The molecule has 12 heteroatoms. The molecule has 4 heterocycles. The van der Waals surface area contributed by atoms with Gasteiger partial charge in [-0.25, -0.2) is 9.78 Å². The van der Waals surface area contributed by atoms with Crippen LogP contribution in [0.5, 0.6) is 0 Å². The van der Waals surface area contributed by atoms with E-state index in [0.29, 0.717) is 26.2 Å². The molecule has 0 bridgehead atoms. The molecule has 33 heavy (non-hydrogen) atoms. The standard InChI is InChI=1S/C12H20O6.C6H10O4.C3H6O2/c1-3-5-16-18-9-7-15-11-8(6-14-12(9)11)17-10(13)4-2;7-3-1-9-6-4(8)2-10-5(3)6;1-2-3(4)5/h8-9,11-12H,3-7H2,1-2H3;3-8H,1-2H2;2H2,1H3,(H,4,5)/t8?,9-,11-,12-;3-,4+,5-,6-;/m00./s1. The van der Waals surface area contributed by atoms with Crippen molar-refractivity contribution in [3.8, 4) is 0 Å². The lowest BCUT2D eigenvalue weighted by molar-refractivity contribution is -0.333. The average Bonchev–Trinajstić information content (AvgIpc) is 3.56. The van der Waals surface area contributed by atoms with E-state index in [1.54, 1.807) is 13.8 Å². The summed E-state index contributed by atoms with van der Waals surface area (Å²) in [5.74, 6) is -0.982. The van der Waals surface area contributed by atoms with Gasteiger partial charge in [-0.05, 0) is 6.42 Å². The fraction of sp³-hybridized carbons (Fsp3) is 0.905. The number of fused-ring (bicyclic) bond motifs is 2. The molecule has 0 aromatic heterocycles. The molecule has 3 N–H and O–H groups in total. The number of hydrogen-bond donors (Lipinski definition) is 3. The van der Waals surface area contributed by atoms with E-state index in [2.05, 4.69) is 0 Å². The van der Waals surface area contributed by atoms with E-state index in [0.717, 1.165) is 6.42 Å². The maximum absolute atomic E-state index is 11.3. The molecule has 4 rings (SSSR count). The van der Waals surface area contributed by atoms with Crippen molar-refractivity contribution in [2.45, 2.75) is 88.9 Å². The Kier molecular flexibility index (Phi) is 11.9. The van der Waals surface area contributed by atoms with Gasteiger partial charge in [0, 0.05) is 12.8 Å². The van der Waals surface area contributed by atoms with Crippen LogP contribution in [0.25, 0.3) is 0 Å². The zero-order chi connectivity index (χ0) is 24.4. The molecule has 0 radical (unpaired) electrons. The number of rotatable bonds is 7. The second kappa shape index (κ2) is 14.1. The SMILES string of the molecule is CCC(=O)O.CCCOO[C@H]1CO[C@H]2C(OC(=O)CC)CO[C@@H]12.O[C@@H]1CO[C@@H]2[C@H]1OC[C@@H]2O. The highest BCUT2D eigenvalue weighted by Gasteiger charge is 2.50. The molecule has 4 saturated heterocycles. The van der Waals surface area contributed by atoms with Crippen molar-refractivity contribution in [1.82, 2.24) is 0 Å². The van der Waals surface area contributed by atoms with Crippen LogP contribution in [0.4, 0.5) is 0 Å². The van der Waals surface area contributed by atoms with Gasteiger partial charge in [0.1, 0.15) is 42.7 Å². The minimum absolute atomic E-state index is 0.212. The van der Waals surface area contributed by atoms with E-state index in [9.17, 15) is 9.59 Å². The number of carboxylic acids is 1. The first kappa shape index (κ1) is 27.9. The summed E-state index contributed by atoms with van der Waals surface area (Å²) in [7, 11) is 0. The fourth-order valence-corrected chi connectivity index (χ4v) is 3.54. The summed E-state index contributed by atoms with van der Waals surface area (Å²) in [6, 6.07) is 0. The number of carbonyl (C=O) groups excluding carboxylic acids is 1. The summed E-state index contributed by atoms with van der Waals surface area (Å²) < 4.78 is 26.6. The second-order valence-corrected chi connectivity index (χ2v) is 7.91. The smallest absolute Gasteiger partial charge is 0.305 e. The maximum Gasteiger partial charge on any atom is 0.305 e. The van der Waals surface area contributed by atoms with Crippen molar-refractivity contribution < 1.29 is 58.4 Å². The average molecular weight is 481 g/mol. The van der Waals surface area contributed by atoms with Gasteiger partial charge in [-0.2, -0.15) is 0 Å². The monoisotopic (exact) mass is 480 g/mol. The van der Waals surface area contributed by atoms with E-state index >= 15 is 0 Å². The molecule has 0 aliphatic carbocycles. The normalized spacial score (nSPS) is 36.2. The number of ether oxygens (including phenoxy) is 5. The van der Waals surface area contributed by atoms with Crippen LogP contribution in [0.3, 0.4) is 0 Å². The minimum Gasteiger partial charge on any atom is -0.481 e. The van der Waals surface area contributed by atoms with Crippen molar-refractivity contribution in [2.75, 3.05) is 33.0 Å². The van der Waals surface area contributed by atoms with Crippen LogP contribution < -0.4 is 0 Å². The number of aliphatic carboxylic acids is 1. The Morgan fingerprint density at radius 3 is 1.76 bits per heavy atom. The Hall–Kier alpha value is -1.38. The first-order valence-corrected chi connectivity index (χ1v) is 11.3. The van der Waals surface area contributed by atoms with Gasteiger partial charge in [-0.15, -0.1) is 0 Å². The second-order valence-electron chi connectivity index (χ2n) is 7.91. The van der Waals surface area contributed by atoms with Crippen molar-refractivity contribution in [1.29, 1.82) is 0 Å². The molecule has 4 aliphatic heterocycles. The Balaban J connectivity index is 0.000000214. The van der Waals surface area contributed by atoms with Crippen LogP contribution in [0.15, 0.2) is 0 Å². The summed E-state index contributed by atoms with van der Waals surface area (Å²) in [5.41, 5.74) is 0. The van der Waals surface area contributed by atoms with Gasteiger partial charge in [-0.1, -0.05) is 20.8 Å². The number of carboxylic acid groups (broad SMARTS) is 1. The quantitative estimate of drug-likeness (QED) is 0.191. The summed E-state index contributed by atoms with van der Waals surface area (Å²) in [5, 5.41) is 26.0. The molecule has 1 unspecified atom stereocenters. The third-order valence-electron chi connectivity index (χ3n) is 5.32. The number of hydrogen-bond acceptors (Lipinski definition) is 11. The first-order chi connectivity index (χ1) is 15.8. The van der Waals surface area contributed by atoms with E-state index in [1.807, 2.05) is 6.92 Å². The van der Waals surface area contributed by atoms with Gasteiger partial charge < -0.3 is 39.0 Å². The molecule has 0 aromatic carbocycles. The summed E-state index contributed by atoms with van der Waals surface area (Å²) in [6.07, 6.45) is -1.26. The van der Waals surface area contributed by atoms with Crippen molar-refractivity contribution in [3.63, 3.8) is 0 Å². The molecule has 0 amide bonds. The van der Waals surface area contributed by atoms with Crippen LogP contribution in [0, 0.1) is 0 Å². The van der Waals surface area contributed by atoms with Crippen LogP contribution in [0.2, 0.25) is 0 Å². The summed E-state index contributed by atoms with van der Waals surface area (Å²) in [4.78, 5) is 30.9. The number of carbonyl (C=O) groups is 2. The Morgan fingerprint density at radius 1 is 0.788 bits per heavy atom. The van der Waals surface area contributed by atoms with Gasteiger partial charge in [0.15, 0.2) is 6.10 Å².